The lowest BCUT2D eigenvalue weighted by Crippen LogP contribution is -2.41. The van der Waals surface area contributed by atoms with Crippen molar-refractivity contribution in [2.24, 2.45) is 5.84 Å². The first-order valence-corrected chi connectivity index (χ1v) is 12.2. The Balaban J connectivity index is 2.28. The van der Waals surface area contributed by atoms with E-state index >= 15 is 0 Å². The van der Waals surface area contributed by atoms with Gasteiger partial charge in [-0.1, -0.05) is 39.0 Å². The van der Waals surface area contributed by atoms with Crippen LogP contribution in [-0.2, 0) is 10.6 Å². The molecule has 0 bridgehead atoms. The zero-order valence-corrected chi connectivity index (χ0v) is 18.6. The average Bonchev–Trinajstić information content (AvgIpc) is 2.63. The zero-order valence-electron chi connectivity index (χ0n) is 17.6. The molecular formula is C20H26F3N3O3Si+. The van der Waals surface area contributed by atoms with Gasteiger partial charge in [-0.3, -0.25) is 0 Å². The number of nitroso groups, excluding NO2 is 1. The summed E-state index contributed by atoms with van der Waals surface area (Å²) >= 11 is 0. The van der Waals surface area contributed by atoms with Gasteiger partial charge in [0.25, 0.3) is 5.88 Å². The number of benzene rings is 1. The maximum absolute atomic E-state index is 13.3. The van der Waals surface area contributed by atoms with E-state index in [-0.39, 0.29) is 45.9 Å². The number of aromatic nitrogens is 1. The van der Waals surface area contributed by atoms with Crippen molar-refractivity contribution in [3.63, 3.8) is 0 Å². The maximum atomic E-state index is 13.3. The second-order valence-corrected chi connectivity index (χ2v) is 13.1. The van der Waals surface area contributed by atoms with Crippen molar-refractivity contribution in [2.75, 3.05) is 13.2 Å². The molecule has 0 aliphatic heterocycles. The van der Waals surface area contributed by atoms with Crippen LogP contribution in [0.1, 0.15) is 26.3 Å². The molecule has 30 heavy (non-hydrogen) atoms. The van der Waals surface area contributed by atoms with Gasteiger partial charge in [-0.15, -0.1) is 0 Å². The quantitative estimate of drug-likeness (QED) is 0.209. The Morgan fingerprint density at radius 2 is 1.80 bits per heavy atom. The minimum atomic E-state index is -4.56. The molecule has 6 nitrogen and oxygen atoms in total. The van der Waals surface area contributed by atoms with Crippen LogP contribution in [-0.4, -0.2) is 31.4 Å². The lowest BCUT2D eigenvalue weighted by molar-refractivity contribution is -0.475. The molecule has 0 atom stereocenters. The number of halogens is 3. The third-order valence-corrected chi connectivity index (χ3v) is 9.63. The fourth-order valence-electron chi connectivity index (χ4n) is 2.39. The summed E-state index contributed by atoms with van der Waals surface area (Å²) in [6.07, 6.45) is -4.56. The van der Waals surface area contributed by atoms with Gasteiger partial charge in [0.15, 0.2) is 13.2 Å². The number of nitrogens with zero attached hydrogens (tertiary/aromatic N) is 2. The van der Waals surface area contributed by atoms with Crippen LogP contribution in [0.5, 0.6) is 5.88 Å². The molecule has 0 unspecified atom stereocenters. The molecule has 0 saturated heterocycles. The highest BCUT2D eigenvalue weighted by atomic mass is 28.4. The predicted molar refractivity (Wildman–Crippen MR) is 110 cm³/mol. The van der Waals surface area contributed by atoms with E-state index in [2.05, 4.69) is 44.9 Å². The lowest BCUT2D eigenvalue weighted by Gasteiger charge is -2.36. The number of rotatable bonds is 7. The number of hydrogen-bond donors (Lipinski definition) is 1. The molecule has 10 heteroatoms. The summed E-state index contributed by atoms with van der Waals surface area (Å²) < 4.78 is 51.6. The standard InChI is InChI=1S/C20H26F3N3O3Si/c1-19(2,3)30(4,5)29-13-12-28-18-17(26(24)27)11-10-16(25-18)14-8-6-7-9-15(14)20(21,22)23/h6-10H,12-13H2,1-5H3,(H2,24,27)/q+1. The SMILES string of the molecule is CC(C)(C)[Si](C)(C)OCCOc1nc(-c2ccccc2C(F)(F)F)c[c]c1[N+](N)=O. The number of nitrogens with two attached hydrogens (primary N) is 1. The van der Waals surface area contributed by atoms with E-state index in [1.165, 1.54) is 24.3 Å². The first-order chi connectivity index (χ1) is 13.7. The Bertz CT molecular complexity index is 912. The van der Waals surface area contributed by atoms with Gasteiger partial charge < -0.3 is 9.16 Å². The summed E-state index contributed by atoms with van der Waals surface area (Å²) in [6, 6.07) is 8.75. The van der Waals surface area contributed by atoms with Crippen LogP contribution in [0.15, 0.2) is 30.3 Å². The first kappa shape index (κ1) is 23.8. The monoisotopic (exact) mass is 441 g/mol. The molecule has 0 fully saturated rings. The molecule has 0 aliphatic carbocycles. The summed E-state index contributed by atoms with van der Waals surface area (Å²) in [5.41, 5.74) is -1.24. The smallest absolute Gasteiger partial charge is 0.417 e. The molecular weight excluding hydrogens is 415 g/mol. The van der Waals surface area contributed by atoms with Crippen molar-refractivity contribution in [1.82, 2.24) is 4.98 Å². The van der Waals surface area contributed by atoms with E-state index in [1.807, 2.05) is 0 Å². The number of hydrazine groups is 1. The third kappa shape index (κ3) is 5.57. The summed E-state index contributed by atoms with van der Waals surface area (Å²) in [5.74, 6) is 5.05. The number of hydrogen-bond acceptors (Lipinski definition) is 4. The van der Waals surface area contributed by atoms with Gasteiger partial charge in [-0.2, -0.15) is 19.0 Å². The third-order valence-electron chi connectivity index (χ3n) is 5.09. The van der Waals surface area contributed by atoms with Crippen LogP contribution in [0, 0.1) is 11.0 Å². The van der Waals surface area contributed by atoms with Crippen molar-refractivity contribution in [3.8, 4) is 17.1 Å². The molecule has 0 amide bonds. The van der Waals surface area contributed by atoms with Crippen molar-refractivity contribution in [1.29, 1.82) is 0 Å². The van der Waals surface area contributed by atoms with E-state index in [1.54, 1.807) is 0 Å². The highest BCUT2D eigenvalue weighted by Gasteiger charge is 2.37. The molecule has 2 rings (SSSR count). The molecule has 1 aromatic heterocycles. The fourth-order valence-corrected chi connectivity index (χ4v) is 3.42. The van der Waals surface area contributed by atoms with E-state index in [4.69, 9.17) is 15.0 Å². The first-order valence-electron chi connectivity index (χ1n) is 9.32. The van der Waals surface area contributed by atoms with Gasteiger partial charge in [0.2, 0.25) is 0 Å². The minimum absolute atomic E-state index is 0.00842. The van der Waals surface area contributed by atoms with E-state index in [9.17, 15) is 18.1 Å². The highest BCUT2D eigenvalue weighted by Crippen LogP contribution is 2.38. The van der Waals surface area contributed by atoms with Gasteiger partial charge in [0.05, 0.1) is 28.8 Å². The maximum Gasteiger partial charge on any atom is 0.417 e. The second-order valence-electron chi connectivity index (χ2n) is 8.27. The van der Waals surface area contributed by atoms with Crippen LogP contribution in [0.4, 0.5) is 18.9 Å². The summed E-state index contributed by atoms with van der Waals surface area (Å²) in [6.45, 7) is 10.7. The van der Waals surface area contributed by atoms with Gasteiger partial charge in [-0.05, 0) is 30.3 Å². The zero-order chi connectivity index (χ0) is 22.7. The van der Waals surface area contributed by atoms with Gasteiger partial charge in [0, 0.05) is 5.56 Å². The van der Waals surface area contributed by atoms with Crippen molar-refractivity contribution < 1.29 is 27.2 Å². The summed E-state index contributed by atoms with van der Waals surface area (Å²) in [7, 11) is -2.00. The van der Waals surface area contributed by atoms with Gasteiger partial charge >= 0.3 is 11.9 Å². The van der Waals surface area contributed by atoms with Crippen molar-refractivity contribution >= 4 is 14.0 Å². The molecule has 2 aromatic rings. The molecule has 0 spiro atoms. The number of ether oxygens (including phenoxy) is 1. The molecule has 1 aromatic carbocycles. The fraction of sp³-hybridized carbons (Fsp3) is 0.450. The van der Waals surface area contributed by atoms with Crippen LogP contribution >= 0.6 is 0 Å². The normalized spacial score (nSPS) is 12.7. The van der Waals surface area contributed by atoms with Crippen LogP contribution in [0.3, 0.4) is 0 Å². The van der Waals surface area contributed by atoms with Gasteiger partial charge in [-0.25, -0.2) is 4.98 Å². The number of pyridine rings is 1. The Labute approximate surface area is 174 Å². The van der Waals surface area contributed by atoms with Crippen LogP contribution < -0.4 is 10.6 Å². The summed E-state index contributed by atoms with van der Waals surface area (Å²) in [5, 5.41) is 0.00842. The van der Waals surface area contributed by atoms with Crippen LogP contribution in [0.25, 0.3) is 11.3 Å². The lowest BCUT2D eigenvalue weighted by atomic mass is 10.0. The Hall–Kier alpha value is -2.46. The average molecular weight is 442 g/mol. The minimum Gasteiger partial charge on any atom is -0.470 e. The predicted octanol–water partition coefficient (Wildman–Crippen LogP) is 5.25. The summed E-state index contributed by atoms with van der Waals surface area (Å²) in [4.78, 5) is 15.7. The molecule has 0 aliphatic rings. The molecule has 163 valence electrons. The molecule has 1 radical (unpaired) electrons. The Morgan fingerprint density at radius 1 is 1.17 bits per heavy atom. The number of alkyl halides is 3. The van der Waals surface area contributed by atoms with Gasteiger partial charge in [0.1, 0.15) is 6.61 Å². The second kappa shape index (κ2) is 8.72. The largest absolute Gasteiger partial charge is 0.470 e. The van der Waals surface area contributed by atoms with Crippen molar-refractivity contribution in [2.45, 2.75) is 45.1 Å². The topological polar surface area (TPSA) is 77.4 Å². The molecule has 0 saturated carbocycles. The van der Waals surface area contributed by atoms with E-state index < -0.39 is 20.1 Å². The van der Waals surface area contributed by atoms with E-state index in [0.29, 0.717) is 0 Å². The molecule has 1 heterocycles. The molecule has 2 N–H and O–H groups in total. The van der Waals surface area contributed by atoms with Crippen LogP contribution in [0.2, 0.25) is 18.1 Å². The Morgan fingerprint density at radius 3 is 2.37 bits per heavy atom. The Kier molecular flexibility index (Phi) is 6.93. The highest BCUT2D eigenvalue weighted by molar-refractivity contribution is 6.74. The van der Waals surface area contributed by atoms with Crippen molar-refractivity contribution in [3.05, 3.63) is 46.9 Å². The van der Waals surface area contributed by atoms with E-state index in [0.717, 1.165) is 6.07 Å².